The van der Waals surface area contributed by atoms with Crippen LogP contribution in [0.1, 0.15) is 19.8 Å². The van der Waals surface area contributed by atoms with E-state index >= 15 is 0 Å². The molecule has 1 aliphatic heterocycles. The summed E-state index contributed by atoms with van der Waals surface area (Å²) in [4.78, 5) is 16.7. The molecule has 1 aliphatic rings. The van der Waals surface area contributed by atoms with Crippen molar-refractivity contribution in [2.45, 2.75) is 25.3 Å². The molecular weight excluding hydrogens is 222 g/mol. The second-order valence-electron chi connectivity index (χ2n) is 3.63. The molecule has 6 nitrogen and oxygen atoms in total. The highest BCUT2D eigenvalue weighted by Gasteiger charge is 2.29. The molecule has 0 aliphatic carbocycles. The summed E-state index contributed by atoms with van der Waals surface area (Å²) in [5.74, 6) is 0.158. The van der Waals surface area contributed by atoms with E-state index in [-0.39, 0.29) is 12.5 Å². The van der Waals surface area contributed by atoms with E-state index in [1.54, 1.807) is 11.9 Å². The lowest BCUT2D eigenvalue weighted by Gasteiger charge is -2.24. The summed E-state index contributed by atoms with van der Waals surface area (Å²) in [7, 11) is 0. The average molecular weight is 239 g/mol. The molecular formula is C8H17ClN3O3+. The predicted octanol–water partition coefficient (Wildman–Crippen LogP) is 0.406. The van der Waals surface area contributed by atoms with Gasteiger partial charge in [0, 0.05) is 18.1 Å². The largest absolute Gasteiger partial charge is 0.396 e. The molecule has 0 spiro atoms. The van der Waals surface area contributed by atoms with Gasteiger partial charge in [-0.05, 0) is 19.8 Å². The van der Waals surface area contributed by atoms with Gasteiger partial charge in [-0.3, -0.25) is 0 Å². The highest BCUT2D eigenvalue weighted by molar-refractivity contribution is 6.19. The van der Waals surface area contributed by atoms with E-state index in [0.717, 1.165) is 12.8 Å². The average Bonchev–Trinajstić information content (AvgIpc) is 2.26. The summed E-state index contributed by atoms with van der Waals surface area (Å²) in [6, 6.07) is 0. The molecule has 0 amide bonds. The molecule has 2 atom stereocenters. The van der Waals surface area contributed by atoms with Crippen molar-refractivity contribution in [3.05, 3.63) is 4.91 Å². The molecule has 15 heavy (non-hydrogen) atoms. The maximum atomic E-state index is 11.4. The maximum Gasteiger partial charge on any atom is 0.274 e. The quantitative estimate of drug-likeness (QED) is 0.413. The molecule has 1 rings (SSSR count). The van der Waals surface area contributed by atoms with Gasteiger partial charge in [0.2, 0.25) is 0 Å². The summed E-state index contributed by atoms with van der Waals surface area (Å²) >= 11 is 5.51. The van der Waals surface area contributed by atoms with Gasteiger partial charge in [-0.2, -0.15) is 0 Å². The highest BCUT2D eigenvalue weighted by Crippen LogP contribution is 2.15. The minimum atomic E-state index is -0.570. The van der Waals surface area contributed by atoms with Crippen LogP contribution in [0.3, 0.4) is 0 Å². The van der Waals surface area contributed by atoms with Crippen molar-refractivity contribution in [2.24, 2.45) is 5.92 Å². The highest BCUT2D eigenvalue weighted by atomic mass is 35.5. The summed E-state index contributed by atoms with van der Waals surface area (Å²) in [6.45, 7) is 2.91. The molecule has 0 aromatic carbocycles. The Morgan fingerprint density at radius 3 is 3.13 bits per heavy atom. The number of halogens is 1. The molecule has 2 N–H and O–H groups in total. The van der Waals surface area contributed by atoms with Crippen LogP contribution >= 0.6 is 11.6 Å². The fourth-order valence-electron chi connectivity index (χ4n) is 1.53. The smallest absolute Gasteiger partial charge is 0.274 e. The summed E-state index contributed by atoms with van der Waals surface area (Å²) in [6.07, 6.45) is 1.84. The summed E-state index contributed by atoms with van der Waals surface area (Å²) < 4.78 is 0. The molecule has 7 heteroatoms. The number of nitrogens with one attached hydrogen (secondary N) is 1. The van der Waals surface area contributed by atoms with Crippen molar-refractivity contribution in [2.75, 3.05) is 19.7 Å². The lowest BCUT2D eigenvalue weighted by molar-refractivity contribution is -0.791. The van der Waals surface area contributed by atoms with Gasteiger partial charge in [0.05, 0.1) is 18.0 Å². The molecule has 1 saturated heterocycles. The van der Waals surface area contributed by atoms with Gasteiger partial charge in [0.15, 0.2) is 5.56 Å². The van der Waals surface area contributed by atoms with Gasteiger partial charge in [0.25, 0.3) is 4.98 Å². The first-order valence-corrected chi connectivity index (χ1v) is 5.45. The van der Waals surface area contributed by atoms with Crippen LogP contribution in [0.4, 0.5) is 0 Å². The fraction of sp³-hybridized carbons (Fsp3) is 1.00. The first-order chi connectivity index (χ1) is 7.13. The Morgan fingerprint density at radius 2 is 2.53 bits per heavy atom. The normalized spacial score (nSPS) is 23.7. The van der Waals surface area contributed by atoms with Crippen molar-refractivity contribution in [3.63, 3.8) is 0 Å². The van der Waals surface area contributed by atoms with E-state index in [1.807, 2.05) is 0 Å². The number of nitroso groups, excluding NO2 is 1. The lowest BCUT2D eigenvalue weighted by atomic mass is 10.0. The van der Waals surface area contributed by atoms with Crippen molar-refractivity contribution in [1.29, 1.82) is 0 Å². The van der Waals surface area contributed by atoms with E-state index in [4.69, 9.17) is 21.5 Å². The lowest BCUT2D eigenvalue weighted by Crippen LogP contribution is -2.48. The topological polar surface area (TPSA) is 64.8 Å². The van der Waals surface area contributed by atoms with Crippen molar-refractivity contribution < 1.29 is 14.9 Å². The van der Waals surface area contributed by atoms with Crippen LogP contribution in [0.15, 0.2) is 0 Å². The number of hydrogen-bond acceptors (Lipinski definition) is 3. The van der Waals surface area contributed by atoms with E-state index < -0.39 is 5.56 Å². The minimum absolute atomic E-state index is 0.108. The monoisotopic (exact) mass is 238 g/mol. The second-order valence-corrected chi connectivity index (χ2v) is 4.24. The number of piperidine rings is 1. The van der Waals surface area contributed by atoms with Crippen molar-refractivity contribution >= 4 is 11.6 Å². The van der Waals surface area contributed by atoms with Gasteiger partial charge < -0.3 is 5.11 Å². The van der Waals surface area contributed by atoms with Gasteiger partial charge in [-0.25, -0.2) is 4.84 Å². The van der Waals surface area contributed by atoms with Gasteiger partial charge >= 0.3 is 0 Å². The molecule has 0 radical (unpaired) electrons. The maximum absolute atomic E-state index is 11.4. The molecule has 88 valence electrons. The number of rotatable bonds is 5. The van der Waals surface area contributed by atoms with Crippen LogP contribution in [0.2, 0.25) is 0 Å². The molecule has 0 aromatic heterocycles. The standard InChI is InChI=1S/C8H17ClN3O3/c1-7(9)15-10-12(14)11-4-2-3-8(5-11)6-13/h7-8,13H,2-6H2,1H3,(H,10,14)/q+1. The number of hydrogen-bond donors (Lipinski definition) is 2. The third-order valence-electron chi connectivity index (χ3n) is 2.31. The zero-order valence-corrected chi connectivity index (χ0v) is 9.48. The molecule has 1 heterocycles. The van der Waals surface area contributed by atoms with Crippen LogP contribution in [0, 0.1) is 10.8 Å². The zero-order valence-electron chi connectivity index (χ0n) is 8.73. The number of alkyl halides is 1. The van der Waals surface area contributed by atoms with E-state index in [0.29, 0.717) is 18.1 Å². The van der Waals surface area contributed by atoms with Crippen molar-refractivity contribution in [3.8, 4) is 0 Å². The third kappa shape index (κ3) is 4.19. The van der Waals surface area contributed by atoms with Gasteiger partial charge in [0.1, 0.15) is 0 Å². The van der Waals surface area contributed by atoms with Crippen LogP contribution in [0.25, 0.3) is 0 Å². The molecule has 0 bridgehead atoms. The van der Waals surface area contributed by atoms with Crippen LogP contribution in [0.5, 0.6) is 0 Å². The Labute approximate surface area is 93.6 Å². The zero-order chi connectivity index (χ0) is 11.3. The number of aliphatic hydroxyl groups is 1. The fourth-order valence-corrected chi connectivity index (χ4v) is 1.57. The summed E-state index contributed by atoms with van der Waals surface area (Å²) in [5, 5.41) is 10.5. The molecule has 0 aromatic rings. The first kappa shape index (κ1) is 12.5. The predicted molar refractivity (Wildman–Crippen MR) is 54.5 cm³/mol. The first-order valence-electron chi connectivity index (χ1n) is 5.02. The Balaban J connectivity index is 2.32. The third-order valence-corrected chi connectivity index (χ3v) is 2.39. The van der Waals surface area contributed by atoms with Crippen LogP contribution < -0.4 is 5.59 Å². The minimum Gasteiger partial charge on any atom is -0.396 e. The molecule has 2 unspecified atom stereocenters. The van der Waals surface area contributed by atoms with E-state index in [9.17, 15) is 4.91 Å². The number of hydrazine groups is 2. The SMILES string of the molecule is CC(Cl)ON[N+](=O)N1CCCC(CO)C1. The number of aliphatic hydroxyl groups excluding tert-OH is 1. The van der Waals surface area contributed by atoms with Crippen molar-refractivity contribution in [1.82, 2.24) is 10.6 Å². The Bertz CT molecular complexity index is 215. The Morgan fingerprint density at radius 1 is 1.80 bits per heavy atom. The van der Waals surface area contributed by atoms with Gasteiger partial charge in [-0.1, -0.05) is 11.6 Å². The molecule has 1 fully saturated rings. The second kappa shape index (κ2) is 6.09. The van der Waals surface area contributed by atoms with Crippen LogP contribution in [-0.4, -0.2) is 40.4 Å². The Hall–Kier alpha value is -0.590. The molecule has 0 saturated carbocycles. The Kier molecular flexibility index (Phi) is 5.07. The van der Waals surface area contributed by atoms with Crippen LogP contribution in [-0.2, 0) is 4.84 Å². The van der Waals surface area contributed by atoms with E-state index in [1.165, 1.54) is 0 Å². The van der Waals surface area contributed by atoms with E-state index in [2.05, 4.69) is 5.59 Å². The number of nitrogens with zero attached hydrogens (tertiary/aromatic N) is 2. The van der Waals surface area contributed by atoms with Gasteiger partial charge in [-0.15, -0.1) is 5.01 Å². The summed E-state index contributed by atoms with van der Waals surface area (Å²) in [5.41, 5.74) is 1.62.